The van der Waals surface area contributed by atoms with E-state index in [2.05, 4.69) is 42.5 Å². The number of carbonyl (C=O) groups excluding carboxylic acids is 2. The van der Waals surface area contributed by atoms with Crippen LogP contribution in [0.15, 0.2) is 63.5 Å². The highest BCUT2D eigenvalue weighted by molar-refractivity contribution is 9.13. The maximum Gasteiger partial charge on any atom is 0.257 e. The number of rotatable bonds is 5. The largest absolute Gasteiger partial charge is 0.326 e. The molecule has 0 saturated heterocycles. The molecule has 3 aromatic rings. The zero-order valence-corrected chi connectivity index (χ0v) is 22.3. The van der Waals surface area contributed by atoms with Crippen LogP contribution in [-0.4, -0.2) is 16.1 Å². The normalized spacial score (nSPS) is 18.3. The molecule has 11 heteroatoms. The fourth-order valence-corrected chi connectivity index (χ4v) is 5.23. The van der Waals surface area contributed by atoms with Crippen molar-refractivity contribution in [3.8, 4) is 0 Å². The summed E-state index contributed by atoms with van der Waals surface area (Å²) >= 11 is 25.8. The van der Waals surface area contributed by atoms with Gasteiger partial charge in [0.25, 0.3) is 5.91 Å². The Hall–Kier alpha value is -1.71. The van der Waals surface area contributed by atoms with Crippen LogP contribution in [0.5, 0.6) is 0 Å². The van der Waals surface area contributed by atoms with Crippen molar-refractivity contribution >= 4 is 89.9 Å². The van der Waals surface area contributed by atoms with Crippen molar-refractivity contribution in [3.05, 3.63) is 91.3 Å². The minimum Gasteiger partial charge on any atom is -0.326 e. The second-order valence-electron chi connectivity index (χ2n) is 7.57. The number of hydrogen-bond donors (Lipinski definition) is 2. The Bertz CT molecular complexity index is 1320. The number of nitrogens with one attached hydrogen (secondary N) is 2. The molecule has 0 heterocycles. The molecule has 0 bridgehead atoms. The summed E-state index contributed by atoms with van der Waals surface area (Å²) in [6, 6.07) is 12.5. The number of alkyl halides is 2. The first kappa shape index (κ1) is 25.4. The summed E-state index contributed by atoms with van der Waals surface area (Å²) in [6.07, 6.45) is 0. The van der Waals surface area contributed by atoms with Crippen molar-refractivity contribution in [2.75, 3.05) is 10.6 Å². The molecule has 0 spiro atoms. The first-order chi connectivity index (χ1) is 16.0. The van der Waals surface area contributed by atoms with Gasteiger partial charge in [-0.15, -0.1) is 23.2 Å². The van der Waals surface area contributed by atoms with E-state index in [0.29, 0.717) is 6.07 Å². The molecule has 3 aromatic carbocycles. The van der Waals surface area contributed by atoms with Crippen LogP contribution in [0, 0.1) is 17.6 Å². The summed E-state index contributed by atoms with van der Waals surface area (Å²) < 4.78 is 27.3. The van der Waals surface area contributed by atoms with Crippen molar-refractivity contribution in [1.29, 1.82) is 0 Å². The second-order valence-corrected chi connectivity index (χ2v) is 11.1. The molecule has 0 aromatic heterocycles. The van der Waals surface area contributed by atoms with Crippen LogP contribution in [0.4, 0.5) is 20.2 Å². The molecule has 2 amide bonds. The number of halogens is 7. The van der Waals surface area contributed by atoms with Gasteiger partial charge >= 0.3 is 0 Å². The molecule has 1 saturated carbocycles. The molecule has 1 aliphatic rings. The van der Waals surface area contributed by atoms with Crippen molar-refractivity contribution in [2.45, 2.75) is 10.3 Å². The Morgan fingerprint density at radius 3 is 2.32 bits per heavy atom. The number of anilines is 2. The monoisotopic (exact) mass is 650 g/mol. The summed E-state index contributed by atoms with van der Waals surface area (Å²) in [6.45, 7) is 0. The third-order valence-corrected chi connectivity index (χ3v) is 8.45. The van der Waals surface area contributed by atoms with Crippen LogP contribution in [0.3, 0.4) is 0 Å². The van der Waals surface area contributed by atoms with Gasteiger partial charge in [-0.2, -0.15) is 0 Å². The third-order valence-electron chi connectivity index (χ3n) is 5.30. The molecule has 0 aliphatic heterocycles. The van der Waals surface area contributed by atoms with Gasteiger partial charge in [0.05, 0.1) is 22.2 Å². The molecule has 34 heavy (non-hydrogen) atoms. The molecular formula is C23H13Br2Cl3F2N2O2. The SMILES string of the molecule is O=C(Nc1ccc(F)cc1F)c1cc(NC(=O)[C@H]2[C@H](c3ccc(Br)c(Br)c3)C2(Cl)Cl)ccc1Cl. The van der Waals surface area contributed by atoms with E-state index >= 15 is 0 Å². The van der Waals surface area contributed by atoms with Crippen LogP contribution in [0.2, 0.25) is 5.02 Å². The molecule has 1 aliphatic carbocycles. The van der Waals surface area contributed by atoms with Crippen LogP contribution < -0.4 is 10.6 Å². The van der Waals surface area contributed by atoms with Crippen LogP contribution in [0.1, 0.15) is 21.8 Å². The maximum atomic E-state index is 13.9. The van der Waals surface area contributed by atoms with Gasteiger partial charge in [0.1, 0.15) is 16.0 Å². The predicted octanol–water partition coefficient (Wildman–Crippen LogP) is 7.92. The standard InChI is InChI=1S/C23H13Br2Cl3F2N2O2/c24-14-4-1-10(7-15(14)25)19-20(23(19,27)28)22(34)31-12-3-5-16(26)13(9-12)21(33)32-18-6-2-11(29)8-17(18)30/h1-9,19-20H,(H,31,34)(H,32,33)/t19-,20+/m0/s1. The van der Waals surface area contributed by atoms with Gasteiger partial charge in [0.2, 0.25) is 5.91 Å². The van der Waals surface area contributed by atoms with Gasteiger partial charge in [0, 0.05) is 26.6 Å². The van der Waals surface area contributed by atoms with Gasteiger partial charge in [-0.1, -0.05) is 17.7 Å². The van der Waals surface area contributed by atoms with E-state index in [1.807, 2.05) is 18.2 Å². The lowest BCUT2D eigenvalue weighted by molar-refractivity contribution is -0.117. The zero-order chi connectivity index (χ0) is 24.8. The van der Waals surface area contributed by atoms with Gasteiger partial charge in [-0.3, -0.25) is 9.59 Å². The smallest absolute Gasteiger partial charge is 0.257 e. The summed E-state index contributed by atoms with van der Waals surface area (Å²) in [5.41, 5.74) is 0.825. The van der Waals surface area contributed by atoms with Crippen molar-refractivity contribution in [2.24, 2.45) is 5.92 Å². The average Bonchev–Trinajstić information content (AvgIpc) is 3.35. The second kappa shape index (κ2) is 9.74. The quantitative estimate of drug-likeness (QED) is 0.275. The third kappa shape index (κ3) is 5.11. The fourth-order valence-electron chi connectivity index (χ4n) is 3.55. The lowest BCUT2D eigenvalue weighted by atomic mass is 10.1. The zero-order valence-electron chi connectivity index (χ0n) is 16.8. The lowest BCUT2D eigenvalue weighted by Crippen LogP contribution is -2.18. The van der Waals surface area contributed by atoms with E-state index in [1.54, 1.807) is 0 Å². The molecule has 4 rings (SSSR count). The van der Waals surface area contributed by atoms with Crippen LogP contribution in [0.25, 0.3) is 0 Å². The highest BCUT2D eigenvalue weighted by Crippen LogP contribution is 2.65. The van der Waals surface area contributed by atoms with Crippen molar-refractivity contribution in [1.82, 2.24) is 0 Å². The summed E-state index contributed by atoms with van der Waals surface area (Å²) in [4.78, 5) is 25.6. The fraction of sp³-hybridized carbons (Fsp3) is 0.130. The molecule has 4 nitrogen and oxygen atoms in total. The highest BCUT2D eigenvalue weighted by atomic mass is 79.9. The number of hydrogen-bond acceptors (Lipinski definition) is 2. The van der Waals surface area contributed by atoms with E-state index in [9.17, 15) is 18.4 Å². The van der Waals surface area contributed by atoms with Gasteiger partial charge in [-0.05, 0) is 79.9 Å². The molecule has 2 atom stereocenters. The Labute approximate surface area is 225 Å². The Kier molecular flexibility index (Phi) is 7.27. The van der Waals surface area contributed by atoms with Gasteiger partial charge in [0.15, 0.2) is 0 Å². The molecule has 2 N–H and O–H groups in total. The average molecular weight is 654 g/mol. The van der Waals surface area contributed by atoms with Gasteiger partial charge < -0.3 is 10.6 Å². The Morgan fingerprint density at radius 1 is 0.912 bits per heavy atom. The molecule has 0 radical (unpaired) electrons. The van der Waals surface area contributed by atoms with E-state index in [1.165, 1.54) is 18.2 Å². The molecular weight excluding hydrogens is 640 g/mol. The lowest BCUT2D eigenvalue weighted by Gasteiger charge is -2.11. The highest BCUT2D eigenvalue weighted by Gasteiger charge is 2.67. The van der Waals surface area contributed by atoms with Crippen molar-refractivity contribution < 1.29 is 18.4 Å². The minimum atomic E-state index is -1.30. The van der Waals surface area contributed by atoms with E-state index in [4.69, 9.17) is 34.8 Å². The van der Waals surface area contributed by atoms with Gasteiger partial charge in [-0.25, -0.2) is 8.78 Å². The Balaban J connectivity index is 1.51. The van der Waals surface area contributed by atoms with E-state index in [-0.39, 0.29) is 22.0 Å². The summed E-state index contributed by atoms with van der Waals surface area (Å²) in [7, 11) is 0. The maximum absolute atomic E-state index is 13.9. The summed E-state index contributed by atoms with van der Waals surface area (Å²) in [5.74, 6) is -4.05. The minimum absolute atomic E-state index is 0.0182. The molecule has 176 valence electrons. The predicted molar refractivity (Wildman–Crippen MR) is 137 cm³/mol. The summed E-state index contributed by atoms with van der Waals surface area (Å²) in [5, 5.41) is 5.11. The van der Waals surface area contributed by atoms with E-state index in [0.717, 1.165) is 26.6 Å². The number of benzene rings is 3. The molecule has 1 fully saturated rings. The molecule has 0 unspecified atom stereocenters. The number of amides is 2. The first-order valence-corrected chi connectivity index (χ1v) is 12.4. The number of carbonyl (C=O) groups is 2. The van der Waals surface area contributed by atoms with Crippen LogP contribution >= 0.6 is 66.7 Å². The van der Waals surface area contributed by atoms with Crippen LogP contribution in [-0.2, 0) is 4.79 Å². The van der Waals surface area contributed by atoms with Crippen molar-refractivity contribution in [3.63, 3.8) is 0 Å². The topological polar surface area (TPSA) is 58.2 Å². The first-order valence-electron chi connectivity index (χ1n) is 9.68. The van der Waals surface area contributed by atoms with E-state index < -0.39 is 39.6 Å². The Morgan fingerprint density at radius 2 is 1.65 bits per heavy atom.